The molecule has 0 saturated carbocycles. The van der Waals surface area contributed by atoms with Crippen molar-refractivity contribution in [3.8, 4) is 0 Å². The molecule has 0 unspecified atom stereocenters. The third-order valence-corrected chi connectivity index (χ3v) is 9.27. The molecule has 1 fully saturated rings. The number of nitrogens with one attached hydrogen (secondary N) is 1. The van der Waals surface area contributed by atoms with Gasteiger partial charge in [0.25, 0.3) is 11.8 Å². The topological polar surface area (TPSA) is 55.9 Å². The van der Waals surface area contributed by atoms with Crippen LogP contribution in [0.15, 0.2) is 113 Å². The van der Waals surface area contributed by atoms with Crippen molar-refractivity contribution in [2.45, 2.75) is 24.4 Å². The highest BCUT2D eigenvalue weighted by Crippen LogP contribution is 2.43. The van der Waals surface area contributed by atoms with E-state index < -0.39 is 0 Å². The molecule has 4 aromatic rings. The zero-order chi connectivity index (χ0) is 31.0. The molecule has 1 saturated heterocycles. The first-order chi connectivity index (χ1) is 22.0. The van der Waals surface area contributed by atoms with Crippen LogP contribution in [0.2, 0.25) is 0 Å². The van der Waals surface area contributed by atoms with Gasteiger partial charge in [0, 0.05) is 49.7 Å². The number of benzene rings is 4. The fourth-order valence-corrected chi connectivity index (χ4v) is 6.74. The number of carbonyl (C=O) groups excluding carboxylic acids is 2. The Morgan fingerprint density at radius 2 is 1.47 bits per heavy atom. The average molecular weight is 621 g/mol. The number of anilines is 1. The second-order valence-corrected chi connectivity index (χ2v) is 12.5. The zero-order valence-corrected chi connectivity index (χ0v) is 26.0. The van der Waals surface area contributed by atoms with Gasteiger partial charge in [0.2, 0.25) is 0 Å². The van der Waals surface area contributed by atoms with E-state index >= 15 is 0 Å². The van der Waals surface area contributed by atoms with Gasteiger partial charge in [-0.3, -0.25) is 14.5 Å². The van der Waals surface area contributed by atoms with Gasteiger partial charge in [0.1, 0.15) is 5.82 Å². The number of amides is 2. The van der Waals surface area contributed by atoms with E-state index in [-0.39, 0.29) is 24.2 Å². The highest BCUT2D eigenvalue weighted by Gasteiger charge is 2.30. The molecule has 2 aliphatic heterocycles. The Hall–Kier alpha value is -4.24. The molecule has 0 radical (unpaired) electrons. The SMILES string of the molecule is O=C(NCCCN1CCN(Cc2ccccc2)CC1)c1ccc2c(c1)N(Cc1ccc(F)cc1)C(=O)/C(=C/c1ccccc1)S2. The standard InChI is InChI=1S/C37H37FN4O2S/c38-32-15-12-30(13-16-32)27-42-33-25-31(14-17-34(33)45-35(37(42)44)24-28-8-3-1-4-9-28)36(43)39-18-7-19-40-20-22-41(23-21-40)26-29-10-5-2-6-11-29/h1-6,8-17,24-25H,7,18-23,26-27H2,(H,39,43)/b35-24-. The molecule has 2 aliphatic rings. The Labute approximate surface area is 268 Å². The predicted molar refractivity (Wildman–Crippen MR) is 179 cm³/mol. The van der Waals surface area contributed by atoms with E-state index in [1.54, 1.807) is 23.1 Å². The van der Waals surface area contributed by atoms with Crippen LogP contribution in [-0.4, -0.2) is 60.9 Å². The number of carbonyl (C=O) groups is 2. The van der Waals surface area contributed by atoms with Gasteiger partial charge in [-0.2, -0.15) is 0 Å². The van der Waals surface area contributed by atoms with E-state index in [4.69, 9.17) is 0 Å². The second-order valence-electron chi connectivity index (χ2n) is 11.4. The van der Waals surface area contributed by atoms with Gasteiger partial charge < -0.3 is 15.1 Å². The summed E-state index contributed by atoms with van der Waals surface area (Å²) in [6, 6.07) is 32.0. The Morgan fingerprint density at radius 3 is 2.20 bits per heavy atom. The maximum atomic E-state index is 13.8. The summed E-state index contributed by atoms with van der Waals surface area (Å²) in [5.41, 5.74) is 4.28. The fourth-order valence-electron chi connectivity index (χ4n) is 5.70. The van der Waals surface area contributed by atoms with Gasteiger partial charge >= 0.3 is 0 Å². The monoisotopic (exact) mass is 620 g/mol. The van der Waals surface area contributed by atoms with Crippen molar-refractivity contribution < 1.29 is 14.0 Å². The van der Waals surface area contributed by atoms with Crippen molar-refractivity contribution in [3.05, 3.63) is 136 Å². The third-order valence-electron chi connectivity index (χ3n) is 8.19. The number of fused-ring (bicyclic) bond motifs is 1. The summed E-state index contributed by atoms with van der Waals surface area (Å²) in [5, 5.41) is 3.07. The summed E-state index contributed by atoms with van der Waals surface area (Å²) in [6.07, 6.45) is 2.76. The van der Waals surface area contributed by atoms with Gasteiger partial charge in [-0.15, -0.1) is 0 Å². The minimum absolute atomic E-state index is 0.151. The van der Waals surface area contributed by atoms with Crippen molar-refractivity contribution in [2.24, 2.45) is 0 Å². The number of halogens is 1. The first-order valence-electron chi connectivity index (χ1n) is 15.4. The van der Waals surface area contributed by atoms with Crippen LogP contribution in [0.25, 0.3) is 6.08 Å². The fraction of sp³-hybridized carbons (Fsp3) is 0.243. The van der Waals surface area contributed by atoms with Crippen molar-refractivity contribution in [1.82, 2.24) is 15.1 Å². The molecule has 6 nitrogen and oxygen atoms in total. The summed E-state index contributed by atoms with van der Waals surface area (Å²) in [7, 11) is 0. The van der Waals surface area contributed by atoms with Gasteiger partial charge in [0.05, 0.1) is 17.1 Å². The Balaban J connectivity index is 1.07. The van der Waals surface area contributed by atoms with E-state index in [1.807, 2.05) is 48.5 Å². The van der Waals surface area contributed by atoms with E-state index in [1.165, 1.54) is 29.5 Å². The van der Waals surface area contributed by atoms with Crippen LogP contribution in [0, 0.1) is 5.82 Å². The molecule has 1 N–H and O–H groups in total. The second kappa shape index (κ2) is 14.7. The van der Waals surface area contributed by atoms with Crippen LogP contribution in [0.4, 0.5) is 10.1 Å². The molecule has 6 rings (SSSR count). The minimum atomic E-state index is -0.325. The predicted octanol–water partition coefficient (Wildman–Crippen LogP) is 6.44. The molecule has 0 atom stereocenters. The van der Waals surface area contributed by atoms with Gasteiger partial charge in [-0.25, -0.2) is 4.39 Å². The minimum Gasteiger partial charge on any atom is -0.352 e. The van der Waals surface area contributed by atoms with Crippen LogP contribution in [0.3, 0.4) is 0 Å². The maximum absolute atomic E-state index is 13.8. The van der Waals surface area contributed by atoms with E-state index in [9.17, 15) is 14.0 Å². The Morgan fingerprint density at radius 1 is 0.800 bits per heavy atom. The number of piperazine rings is 1. The number of thioether (sulfide) groups is 1. The Kier molecular flexibility index (Phi) is 10.0. The zero-order valence-electron chi connectivity index (χ0n) is 25.2. The molecule has 0 aliphatic carbocycles. The van der Waals surface area contributed by atoms with E-state index in [0.29, 0.717) is 22.7 Å². The number of nitrogens with zero attached hydrogens (tertiary/aromatic N) is 3. The smallest absolute Gasteiger partial charge is 0.265 e. The summed E-state index contributed by atoms with van der Waals surface area (Å²) >= 11 is 1.40. The molecule has 2 amide bonds. The lowest BCUT2D eigenvalue weighted by atomic mass is 10.1. The van der Waals surface area contributed by atoms with Crippen LogP contribution in [0.1, 0.15) is 33.5 Å². The highest BCUT2D eigenvalue weighted by molar-refractivity contribution is 8.04. The summed E-state index contributed by atoms with van der Waals surface area (Å²) in [4.78, 5) is 35.1. The highest BCUT2D eigenvalue weighted by atomic mass is 32.2. The molecular formula is C37H37FN4O2S. The van der Waals surface area contributed by atoms with Crippen molar-refractivity contribution in [3.63, 3.8) is 0 Å². The lowest BCUT2D eigenvalue weighted by molar-refractivity contribution is -0.114. The first kappa shape index (κ1) is 30.8. The number of rotatable bonds is 10. The first-order valence-corrected chi connectivity index (χ1v) is 16.3. The molecule has 0 aromatic heterocycles. The largest absolute Gasteiger partial charge is 0.352 e. The molecule has 4 aromatic carbocycles. The quantitative estimate of drug-likeness (QED) is 0.163. The van der Waals surface area contributed by atoms with Crippen LogP contribution >= 0.6 is 11.8 Å². The van der Waals surface area contributed by atoms with Crippen molar-refractivity contribution in [2.75, 3.05) is 44.2 Å². The molecule has 8 heteroatoms. The molecule has 0 spiro atoms. The maximum Gasteiger partial charge on any atom is 0.265 e. The van der Waals surface area contributed by atoms with Crippen molar-refractivity contribution >= 4 is 35.3 Å². The lowest BCUT2D eigenvalue weighted by Gasteiger charge is -2.34. The molecule has 230 valence electrons. The summed E-state index contributed by atoms with van der Waals surface area (Å²) < 4.78 is 13.6. The normalized spacial score (nSPS) is 16.5. The lowest BCUT2D eigenvalue weighted by Crippen LogP contribution is -2.46. The van der Waals surface area contributed by atoms with Crippen LogP contribution in [0.5, 0.6) is 0 Å². The van der Waals surface area contributed by atoms with Gasteiger partial charge in [-0.05, 0) is 66.1 Å². The number of hydrogen-bond acceptors (Lipinski definition) is 5. The van der Waals surface area contributed by atoms with Crippen molar-refractivity contribution in [1.29, 1.82) is 0 Å². The Bertz CT molecular complexity index is 1640. The molecule has 45 heavy (non-hydrogen) atoms. The van der Waals surface area contributed by atoms with E-state index in [2.05, 4.69) is 45.4 Å². The van der Waals surface area contributed by atoms with Crippen LogP contribution < -0.4 is 10.2 Å². The molecular weight excluding hydrogens is 583 g/mol. The third kappa shape index (κ3) is 8.08. The molecule has 0 bridgehead atoms. The summed E-state index contributed by atoms with van der Waals surface area (Å²) in [6.45, 7) is 6.93. The average Bonchev–Trinajstić information content (AvgIpc) is 3.07. The summed E-state index contributed by atoms with van der Waals surface area (Å²) in [5.74, 6) is -0.633. The molecule has 2 heterocycles. The van der Waals surface area contributed by atoms with Gasteiger partial charge in [-0.1, -0.05) is 84.6 Å². The van der Waals surface area contributed by atoms with E-state index in [0.717, 1.165) is 61.7 Å². The van der Waals surface area contributed by atoms with Crippen LogP contribution in [-0.2, 0) is 17.9 Å². The number of hydrogen-bond donors (Lipinski definition) is 1. The van der Waals surface area contributed by atoms with Gasteiger partial charge in [0.15, 0.2) is 0 Å².